The van der Waals surface area contributed by atoms with Crippen molar-refractivity contribution < 1.29 is 194 Å². The normalized spacial score (nSPS) is 13.8. The summed E-state index contributed by atoms with van der Waals surface area (Å²) in [6, 6.07) is 13.1. The summed E-state index contributed by atoms with van der Waals surface area (Å²) < 4.78 is 271. The number of carboxylic acid groups (broad SMARTS) is 2. The molecule has 12 N–H and O–H groups in total. The van der Waals surface area contributed by atoms with Crippen molar-refractivity contribution in [3.8, 4) is 5.75 Å². The van der Waals surface area contributed by atoms with E-state index in [1.54, 1.807) is 39.9 Å². The van der Waals surface area contributed by atoms with Gasteiger partial charge in [-0.2, -0.15) is 74.6 Å². The number of aliphatic hydroxyl groups excluding tert-OH is 1. The van der Waals surface area contributed by atoms with Crippen LogP contribution in [-0.2, 0) is 122 Å². The van der Waals surface area contributed by atoms with Crippen LogP contribution in [0.2, 0.25) is 25.1 Å². The van der Waals surface area contributed by atoms with E-state index in [1.165, 1.54) is 24.0 Å². The number of aliphatic hydroxyl groups is 1. The van der Waals surface area contributed by atoms with Crippen LogP contribution < -0.4 is 42.8 Å². The molecule has 3 heterocycles. The lowest BCUT2D eigenvalue weighted by molar-refractivity contribution is -0.156. The van der Waals surface area contributed by atoms with Gasteiger partial charge in [-0.05, 0) is 203 Å². The Balaban J connectivity index is 0.000000566. The molecule has 3 aliphatic rings. The highest BCUT2D eigenvalue weighted by Gasteiger charge is 2.42. The van der Waals surface area contributed by atoms with Gasteiger partial charge in [0.05, 0.1) is 101 Å². The molecule has 0 spiro atoms. The van der Waals surface area contributed by atoms with Gasteiger partial charge in [-0.15, -0.1) is 0 Å². The number of nitrogens with two attached hydrogens (primary N) is 2. The van der Waals surface area contributed by atoms with Crippen LogP contribution in [0.1, 0.15) is 121 Å². The van der Waals surface area contributed by atoms with Gasteiger partial charge in [-0.3, -0.25) is 52.7 Å². The number of anilines is 5. The smallest absolute Gasteiger partial charge is 0.418 e. The summed E-state index contributed by atoms with van der Waals surface area (Å²) in [6.45, 7) is 13.9. The van der Waals surface area contributed by atoms with E-state index in [0.717, 1.165) is 85.4 Å². The van der Waals surface area contributed by atoms with Crippen LogP contribution in [0.4, 0.5) is 112 Å². The Morgan fingerprint density at radius 1 is 0.441 bits per heavy atom. The highest BCUT2D eigenvalue weighted by molar-refractivity contribution is 6.80. The molecule has 6 aromatic rings. The maximum absolute atomic E-state index is 13.4. The fraction of sp³-hybridized carbons (Fsp3) is 0.419. The average molecular weight is 2190 g/mol. The molecule has 6 aromatic carbocycles. The second-order valence-electron chi connectivity index (χ2n) is 29.9. The first-order valence-electron chi connectivity index (χ1n) is 41.1. The van der Waals surface area contributed by atoms with Gasteiger partial charge < -0.3 is 91.6 Å². The predicted octanol–water partition coefficient (Wildman–Crippen LogP) is 16.8. The zero-order chi connectivity index (χ0) is 109. The van der Waals surface area contributed by atoms with Crippen molar-refractivity contribution in [2.45, 2.75) is 142 Å². The maximum Gasteiger partial charge on any atom is 0.418 e. The SMILES string of the molecule is CC(C)(C)OC(=O)C[C@H](N)C(O)COc1c(F)c(F)cc(F)c1F.CCOC(=O)C(=O)Cl.CCOC(=O)C(=O)Nc1ccc(Cl)cc1C(F)(F)F.CCOC(=O)C1CCN(C(=O)C(=O)Nc2ccc(Cl)cc2C(F)(F)F)CC1.CCOC(=O)C1CCNCC1.Nc1ccc(Cl)cc1C(F)(F)F.O=C(Nc1ccc(Cl)cc1C(F)(F)F)C(=O)N1CCC(C(=O)O)CC1.O=C(O)C(=O)Nc1ccc(Cl)cc1C(F)(F)F. The van der Waals surface area contributed by atoms with Gasteiger partial charge in [0.25, 0.3) is 0 Å². The van der Waals surface area contributed by atoms with E-state index in [0.29, 0.717) is 43.7 Å². The van der Waals surface area contributed by atoms with Gasteiger partial charge in [0.1, 0.15) is 18.3 Å². The quantitative estimate of drug-likeness (QED) is 0.00726. The first-order chi connectivity index (χ1) is 66.0. The molecule has 1 unspecified atom stereocenters. The van der Waals surface area contributed by atoms with Crippen LogP contribution in [0.25, 0.3) is 0 Å². The number of halogens is 25. The number of hydrogen-bond donors (Lipinski definition) is 10. The number of alkyl halides is 15. The third-order valence-electron chi connectivity index (χ3n) is 18.2. The lowest BCUT2D eigenvalue weighted by atomic mass is 9.97. The number of piperidine rings is 3. The van der Waals surface area contributed by atoms with E-state index in [2.05, 4.69) is 19.5 Å². The van der Waals surface area contributed by atoms with Crippen molar-refractivity contribution in [2.75, 3.05) is 99.3 Å². The summed E-state index contributed by atoms with van der Waals surface area (Å²) in [7, 11) is 0. The second-order valence-corrected chi connectivity index (χ2v) is 32.5. The molecule has 3 aliphatic heterocycles. The van der Waals surface area contributed by atoms with Crippen molar-refractivity contribution in [1.29, 1.82) is 0 Å². The lowest BCUT2D eigenvalue weighted by Crippen LogP contribution is -2.45. The van der Waals surface area contributed by atoms with Crippen LogP contribution in [-0.4, -0.2) is 198 Å². The summed E-state index contributed by atoms with van der Waals surface area (Å²) in [4.78, 5) is 159. The van der Waals surface area contributed by atoms with E-state index < -0.39 is 211 Å². The molecule has 0 aliphatic carbocycles. The van der Waals surface area contributed by atoms with Crippen molar-refractivity contribution >= 4 is 181 Å². The van der Waals surface area contributed by atoms with Crippen LogP contribution in [0.5, 0.6) is 5.75 Å². The summed E-state index contributed by atoms with van der Waals surface area (Å²) in [6.07, 6.45) is -22.4. The third kappa shape index (κ3) is 45.2. The molecule has 3 fully saturated rings. The molecule has 32 nitrogen and oxygen atoms in total. The fourth-order valence-electron chi connectivity index (χ4n) is 11.5. The van der Waals surface area contributed by atoms with Crippen molar-refractivity contribution in [2.24, 2.45) is 23.5 Å². The van der Waals surface area contributed by atoms with Gasteiger partial charge in [0.15, 0.2) is 17.4 Å². The second kappa shape index (κ2) is 58.7. The summed E-state index contributed by atoms with van der Waals surface area (Å²) in [5.74, 6) is -22.3. The lowest BCUT2D eigenvalue weighted by Gasteiger charge is -2.30. The minimum atomic E-state index is -4.75. The number of nitrogen functional groups attached to an aromatic ring is 1. The molecule has 9 rings (SSSR count). The number of rotatable bonds is 18. The first-order valence-corrected chi connectivity index (χ1v) is 43.4. The fourth-order valence-corrected chi connectivity index (χ4v) is 12.4. The molecule has 0 bridgehead atoms. The molecule has 3 saturated heterocycles. The average Bonchev–Trinajstić information content (AvgIpc) is 0.842. The topological polar surface area (TPSA) is 474 Å². The summed E-state index contributed by atoms with van der Waals surface area (Å²) >= 11 is 32.0. The number of carbonyl (C=O) groups is 14. The minimum Gasteiger partial charge on any atom is -0.485 e. The van der Waals surface area contributed by atoms with Crippen LogP contribution in [0.15, 0.2) is 97.1 Å². The van der Waals surface area contributed by atoms with Crippen LogP contribution in [0, 0.1) is 41.0 Å². The Labute approximate surface area is 829 Å². The largest absolute Gasteiger partial charge is 0.485 e. The van der Waals surface area contributed by atoms with Gasteiger partial charge in [0, 0.05) is 69.1 Å². The Kier molecular flexibility index (Phi) is 52.1. The Morgan fingerprint density at radius 3 is 1.05 bits per heavy atom. The Bertz CT molecular complexity index is 5380. The number of esters is 5. The van der Waals surface area contributed by atoms with Crippen molar-refractivity contribution in [1.82, 2.24) is 15.1 Å². The number of aliphatic carboxylic acids is 2. The molecule has 6 amide bonds. The predicted molar refractivity (Wildman–Crippen MR) is 474 cm³/mol. The van der Waals surface area contributed by atoms with Crippen LogP contribution >= 0.6 is 69.6 Å². The maximum atomic E-state index is 13.4. The zero-order valence-corrected chi connectivity index (χ0v) is 79.9. The number of carbonyl (C=O) groups excluding carboxylic acids is 12. The van der Waals surface area contributed by atoms with Crippen molar-refractivity contribution in [3.63, 3.8) is 0 Å². The molecule has 2 atom stereocenters. The molecular weight excluding hydrogens is 2100 g/mol. The van der Waals surface area contributed by atoms with E-state index in [4.69, 9.17) is 105 Å². The van der Waals surface area contributed by atoms with Gasteiger partial charge in [-0.1, -0.05) is 58.0 Å². The van der Waals surface area contributed by atoms with E-state index in [9.17, 15) is 156 Å². The Morgan fingerprint density at radius 2 is 0.748 bits per heavy atom. The highest BCUT2D eigenvalue weighted by Crippen LogP contribution is 2.42. The van der Waals surface area contributed by atoms with E-state index in [-0.39, 0.29) is 126 Å². The third-order valence-corrected chi connectivity index (χ3v) is 19.6. The Hall–Kier alpha value is -12.0. The number of likely N-dealkylation sites (tertiary alicyclic amines) is 2. The number of benzene rings is 6. The summed E-state index contributed by atoms with van der Waals surface area (Å²) in [5, 5.41) is 35.9. The van der Waals surface area contributed by atoms with Gasteiger partial charge in [-0.25, -0.2) is 23.2 Å². The first kappa shape index (κ1) is 127. The number of nitrogens with zero attached hydrogens (tertiary/aromatic N) is 2. The monoisotopic (exact) mass is 2190 g/mol. The minimum absolute atomic E-state index is 0.0194. The standard InChI is InChI=1S/C17H18ClF3N2O4.C15H14ClF3N2O4.C15H19F4NO4.C11H9ClF3NO3.C9H5ClF3NO3.C8H15NO2.C7H5ClF3N.C4H5ClO3/c1-2-27-16(26)10-5-7-23(8-6-10)15(25)14(24)22-13-4-3-11(18)9-12(13)17(19,20)21;16-9-1-2-11(10(7-9)15(17,18)19)20-12(22)13(23)21-5-3-8(4-6-21)14(24)25;1-15(2,3)24-11(22)5-9(20)10(21)6-23-14-12(18)7(16)4-8(17)13(14)19;1-2-19-10(18)9(17)16-8-4-3-6(12)5-7(8)11(13,14)15;10-4-1-2-6(14-7(15)8(16)17)5(3-4)9(11,12)13;1-2-11-8(10)7-3-5-9-6-4-7;8-4-1-2-6(12)5(3-4)7(9,10)11;1-2-8-4(7)3(5)6/h3-4,9-10H,2,5-8H2,1H3,(H,22,24);1-2,7-8H,3-6H2,(H,20,22)(H,24,25);4,9-10,21H,5-6,20H2,1-3H3;3-5H,2H2,1H3,(H,16,17);1-3H,(H,14,15)(H,16,17);7,9H,2-6H2,1H3;1-3H,12H2;2H2,1H3/t;;9-,10?;;;;;/m..0...../s1. The zero-order valence-electron chi connectivity index (χ0n) is 75.4. The molecule has 792 valence electrons. The molecular formula is C86H90Cl6F19N9O23. The van der Waals surface area contributed by atoms with Gasteiger partial charge >= 0.3 is 113 Å². The highest BCUT2D eigenvalue weighted by atomic mass is 35.5. The van der Waals surface area contributed by atoms with E-state index in [1.807, 2.05) is 22.9 Å². The van der Waals surface area contributed by atoms with Crippen LogP contribution in [0.3, 0.4) is 0 Å². The number of amides is 6. The number of carboxylic acids is 2. The van der Waals surface area contributed by atoms with E-state index >= 15 is 0 Å². The molecule has 0 saturated carbocycles. The number of ether oxygens (including phenoxy) is 6. The van der Waals surface area contributed by atoms with Crippen molar-refractivity contribution in [3.05, 3.63) is 173 Å². The molecule has 0 radical (unpaired) electrons. The molecule has 143 heavy (non-hydrogen) atoms. The van der Waals surface area contributed by atoms with Gasteiger partial charge in [0.2, 0.25) is 11.6 Å². The molecule has 0 aromatic heterocycles. The number of nitrogens with one attached hydrogen (secondary N) is 5. The molecule has 57 heteroatoms. The summed E-state index contributed by atoms with van der Waals surface area (Å²) in [5.41, 5.74) is 1.72. The number of hydrogen-bond acceptors (Lipinski definition) is 24.